The molecule has 1 aliphatic rings. The number of aryl methyl sites for hydroxylation is 1. The molecule has 0 saturated carbocycles. The molecule has 1 amide bonds. The van der Waals surface area contributed by atoms with Crippen LogP contribution in [0.25, 0.3) is 0 Å². The van der Waals surface area contributed by atoms with Gasteiger partial charge in [-0.05, 0) is 50.2 Å². The molecule has 1 aromatic heterocycles. The molecule has 1 aromatic carbocycles. The Kier molecular flexibility index (Phi) is 7.17. The number of carbonyl (C=O) groups is 1. The number of rotatable bonds is 6. The summed E-state index contributed by atoms with van der Waals surface area (Å²) in [6, 6.07) is 6.96. The molecular formula is C18H24ClN5O2. The molecule has 3 rings (SSSR count). The van der Waals surface area contributed by atoms with E-state index in [1.807, 2.05) is 0 Å². The predicted molar refractivity (Wildman–Crippen MR) is 103 cm³/mol. The maximum Gasteiger partial charge on any atom is 0.258 e. The van der Waals surface area contributed by atoms with Crippen LogP contribution in [0.5, 0.6) is 5.75 Å². The van der Waals surface area contributed by atoms with Crippen molar-refractivity contribution in [3.8, 4) is 5.75 Å². The van der Waals surface area contributed by atoms with E-state index in [4.69, 9.17) is 4.74 Å². The number of halogens is 1. The molecule has 0 radical (unpaired) electrons. The second kappa shape index (κ2) is 9.35. The van der Waals surface area contributed by atoms with Gasteiger partial charge in [-0.2, -0.15) is 10.1 Å². The molecule has 2 heterocycles. The van der Waals surface area contributed by atoms with Crippen LogP contribution in [0.4, 0.5) is 5.95 Å². The van der Waals surface area contributed by atoms with Gasteiger partial charge in [-0.25, -0.2) is 4.68 Å². The highest BCUT2D eigenvalue weighted by Gasteiger charge is 2.21. The van der Waals surface area contributed by atoms with Crippen LogP contribution in [0.1, 0.15) is 34.9 Å². The number of hydrogen-bond acceptors (Lipinski definition) is 5. The third-order valence-corrected chi connectivity index (χ3v) is 4.19. The van der Waals surface area contributed by atoms with Crippen molar-refractivity contribution in [2.45, 2.75) is 18.8 Å². The first kappa shape index (κ1) is 19.9. The van der Waals surface area contributed by atoms with E-state index in [9.17, 15) is 4.79 Å². The van der Waals surface area contributed by atoms with Crippen LogP contribution >= 0.6 is 12.4 Å². The van der Waals surface area contributed by atoms with E-state index < -0.39 is 0 Å². The fourth-order valence-electron chi connectivity index (χ4n) is 2.80. The highest BCUT2D eigenvalue weighted by Crippen LogP contribution is 2.23. The number of carbonyl (C=O) groups excluding carboxylic acids is 1. The lowest BCUT2D eigenvalue weighted by atomic mass is 9.98. The van der Waals surface area contributed by atoms with Crippen LogP contribution in [0.3, 0.4) is 0 Å². The first-order valence-corrected chi connectivity index (χ1v) is 8.44. The monoisotopic (exact) mass is 377 g/mol. The third kappa shape index (κ3) is 4.83. The molecule has 0 unspecified atom stereocenters. The molecule has 140 valence electrons. The number of piperidine rings is 1. The molecular weight excluding hydrogens is 354 g/mol. The average Bonchev–Trinajstić information content (AvgIpc) is 3.01. The minimum Gasteiger partial charge on any atom is -0.490 e. The van der Waals surface area contributed by atoms with Crippen molar-refractivity contribution in [1.29, 1.82) is 0 Å². The second-order valence-electron chi connectivity index (χ2n) is 6.02. The Morgan fingerprint density at radius 1 is 1.38 bits per heavy atom. The highest BCUT2D eigenvalue weighted by molar-refractivity contribution is 6.03. The largest absolute Gasteiger partial charge is 0.490 e. The van der Waals surface area contributed by atoms with Crippen LogP contribution in [-0.4, -0.2) is 40.4 Å². The van der Waals surface area contributed by atoms with E-state index in [0.717, 1.165) is 31.8 Å². The average molecular weight is 378 g/mol. The Hall–Kier alpha value is -2.38. The molecule has 2 N–H and O–H groups in total. The molecule has 1 fully saturated rings. The van der Waals surface area contributed by atoms with Crippen molar-refractivity contribution in [3.63, 3.8) is 0 Å². The number of benzene rings is 1. The van der Waals surface area contributed by atoms with E-state index in [1.54, 1.807) is 42.1 Å². The summed E-state index contributed by atoms with van der Waals surface area (Å²) >= 11 is 0. The Morgan fingerprint density at radius 2 is 2.08 bits per heavy atom. The standard InChI is InChI=1S/C18H23N5O2.ClH/c1-3-12-25-15-6-4-14(5-7-15)17(24)21-18-20-16(22-23(18)2)13-8-10-19-11-9-13;/h3-7,13,19H,1,8-12H2,2H3,(H,20,21,22,24);1H. The van der Waals surface area contributed by atoms with Gasteiger partial charge in [0.25, 0.3) is 5.91 Å². The number of ether oxygens (including phenoxy) is 1. The van der Waals surface area contributed by atoms with Crippen molar-refractivity contribution in [3.05, 3.63) is 48.3 Å². The number of hydrogen-bond donors (Lipinski definition) is 2. The fourth-order valence-corrected chi connectivity index (χ4v) is 2.80. The number of aromatic nitrogens is 3. The van der Waals surface area contributed by atoms with Gasteiger partial charge in [0.05, 0.1) is 0 Å². The van der Waals surface area contributed by atoms with Crippen LogP contribution in [-0.2, 0) is 7.05 Å². The third-order valence-electron chi connectivity index (χ3n) is 4.19. The topological polar surface area (TPSA) is 81.1 Å². The molecule has 0 aliphatic carbocycles. The fraction of sp³-hybridized carbons (Fsp3) is 0.389. The van der Waals surface area contributed by atoms with E-state index in [0.29, 0.717) is 29.8 Å². The van der Waals surface area contributed by atoms with Crippen molar-refractivity contribution in [2.75, 3.05) is 25.0 Å². The van der Waals surface area contributed by atoms with Gasteiger partial charge in [-0.1, -0.05) is 12.7 Å². The molecule has 1 saturated heterocycles. The molecule has 1 aliphatic heterocycles. The normalized spacial score (nSPS) is 14.3. The van der Waals surface area contributed by atoms with Gasteiger partial charge in [-0.3, -0.25) is 10.1 Å². The number of nitrogens with zero attached hydrogens (tertiary/aromatic N) is 3. The summed E-state index contributed by atoms with van der Waals surface area (Å²) in [5.74, 6) is 2.09. The van der Waals surface area contributed by atoms with E-state index in [1.165, 1.54) is 0 Å². The van der Waals surface area contributed by atoms with Gasteiger partial charge in [0.1, 0.15) is 12.4 Å². The summed E-state index contributed by atoms with van der Waals surface area (Å²) in [7, 11) is 1.79. The first-order valence-electron chi connectivity index (χ1n) is 8.44. The first-order chi connectivity index (χ1) is 12.2. The molecule has 0 bridgehead atoms. The SMILES string of the molecule is C=CCOc1ccc(C(=O)Nc2nc(C3CCNCC3)nn2C)cc1.Cl. The smallest absolute Gasteiger partial charge is 0.258 e. The predicted octanol–water partition coefficient (Wildman–Crippen LogP) is 2.52. The Bertz CT molecular complexity index is 739. The van der Waals surface area contributed by atoms with Gasteiger partial charge in [0.2, 0.25) is 5.95 Å². The highest BCUT2D eigenvalue weighted by atomic mass is 35.5. The summed E-state index contributed by atoms with van der Waals surface area (Å²) in [5.41, 5.74) is 0.539. The maximum atomic E-state index is 12.4. The zero-order chi connectivity index (χ0) is 17.6. The van der Waals surface area contributed by atoms with Gasteiger partial charge >= 0.3 is 0 Å². The van der Waals surface area contributed by atoms with E-state index in [-0.39, 0.29) is 18.3 Å². The number of amides is 1. The zero-order valence-corrected chi connectivity index (χ0v) is 15.6. The van der Waals surface area contributed by atoms with Crippen molar-refractivity contribution in [2.24, 2.45) is 7.05 Å². The van der Waals surface area contributed by atoms with Gasteiger partial charge in [0.15, 0.2) is 5.82 Å². The lowest BCUT2D eigenvalue weighted by Crippen LogP contribution is -2.27. The zero-order valence-electron chi connectivity index (χ0n) is 14.8. The van der Waals surface area contributed by atoms with E-state index >= 15 is 0 Å². The molecule has 2 aromatic rings. The molecule has 26 heavy (non-hydrogen) atoms. The number of nitrogens with one attached hydrogen (secondary N) is 2. The summed E-state index contributed by atoms with van der Waals surface area (Å²) < 4.78 is 7.04. The van der Waals surface area contributed by atoms with Crippen LogP contribution in [0.15, 0.2) is 36.9 Å². The van der Waals surface area contributed by atoms with Crippen molar-refractivity contribution < 1.29 is 9.53 Å². The Balaban J connectivity index is 0.00000243. The lowest BCUT2D eigenvalue weighted by molar-refractivity contribution is 0.102. The van der Waals surface area contributed by atoms with Gasteiger partial charge in [-0.15, -0.1) is 12.4 Å². The van der Waals surface area contributed by atoms with Gasteiger partial charge < -0.3 is 10.1 Å². The summed E-state index contributed by atoms with van der Waals surface area (Å²) in [6.45, 7) is 5.99. The Labute approximate surface area is 159 Å². The van der Waals surface area contributed by atoms with Crippen molar-refractivity contribution >= 4 is 24.3 Å². The van der Waals surface area contributed by atoms with E-state index in [2.05, 4.69) is 27.3 Å². The lowest BCUT2D eigenvalue weighted by Gasteiger charge is -2.19. The summed E-state index contributed by atoms with van der Waals surface area (Å²) in [6.07, 6.45) is 3.71. The minimum atomic E-state index is -0.220. The van der Waals surface area contributed by atoms with Crippen LogP contribution in [0.2, 0.25) is 0 Å². The van der Waals surface area contributed by atoms with Crippen molar-refractivity contribution in [1.82, 2.24) is 20.1 Å². The summed E-state index contributed by atoms with van der Waals surface area (Å²) in [4.78, 5) is 16.9. The second-order valence-corrected chi connectivity index (χ2v) is 6.02. The van der Waals surface area contributed by atoms with Crippen LogP contribution in [0, 0.1) is 0 Å². The molecule has 8 heteroatoms. The van der Waals surface area contributed by atoms with Crippen LogP contribution < -0.4 is 15.4 Å². The molecule has 0 spiro atoms. The molecule has 0 atom stereocenters. The maximum absolute atomic E-state index is 12.4. The summed E-state index contributed by atoms with van der Waals surface area (Å²) in [5, 5.41) is 10.6. The quantitative estimate of drug-likeness (QED) is 0.756. The Morgan fingerprint density at radius 3 is 2.73 bits per heavy atom. The number of anilines is 1. The molecule has 7 nitrogen and oxygen atoms in total. The van der Waals surface area contributed by atoms with Gasteiger partial charge in [0, 0.05) is 18.5 Å². The minimum absolute atomic E-state index is 0.